The molecule has 2 aromatic rings. The van der Waals surface area contributed by atoms with Crippen LogP contribution < -0.4 is 10.1 Å². The van der Waals surface area contributed by atoms with Gasteiger partial charge in [-0.2, -0.15) is 0 Å². The molecule has 1 unspecified atom stereocenters. The largest absolute Gasteiger partial charge is 0.496 e. The zero-order valence-corrected chi connectivity index (χ0v) is 13.6. The SMILES string of the molecule is CNC(c1ccc(OC)c(Br)c1)c1cc(F)c(C)cc1F. The van der Waals surface area contributed by atoms with Gasteiger partial charge in [-0.3, -0.25) is 0 Å². The number of benzene rings is 2. The third kappa shape index (κ3) is 3.24. The van der Waals surface area contributed by atoms with Gasteiger partial charge in [-0.1, -0.05) is 6.07 Å². The normalized spacial score (nSPS) is 12.3. The van der Waals surface area contributed by atoms with Crippen molar-refractivity contribution in [3.8, 4) is 5.75 Å². The Bertz CT molecular complexity index is 661. The molecule has 5 heteroatoms. The van der Waals surface area contributed by atoms with Gasteiger partial charge in [-0.05, 0) is 65.3 Å². The van der Waals surface area contributed by atoms with Crippen LogP contribution in [0.2, 0.25) is 0 Å². The molecule has 0 amide bonds. The Kier molecular flexibility index (Phi) is 4.96. The van der Waals surface area contributed by atoms with Crippen molar-refractivity contribution in [1.29, 1.82) is 0 Å². The third-order valence-electron chi connectivity index (χ3n) is 3.39. The summed E-state index contributed by atoms with van der Waals surface area (Å²) in [6, 6.07) is 7.45. The predicted octanol–water partition coefficient (Wildman–Crippen LogP) is 4.35. The zero-order valence-electron chi connectivity index (χ0n) is 12.0. The lowest BCUT2D eigenvalue weighted by Crippen LogP contribution is -2.19. The molecule has 0 fully saturated rings. The molecule has 2 nitrogen and oxygen atoms in total. The lowest BCUT2D eigenvalue weighted by molar-refractivity contribution is 0.412. The second kappa shape index (κ2) is 6.54. The molecule has 0 aliphatic carbocycles. The molecule has 2 aromatic carbocycles. The summed E-state index contributed by atoms with van der Waals surface area (Å²) >= 11 is 3.40. The smallest absolute Gasteiger partial charge is 0.133 e. The van der Waals surface area contributed by atoms with Crippen molar-refractivity contribution in [1.82, 2.24) is 5.32 Å². The highest BCUT2D eigenvalue weighted by atomic mass is 79.9. The summed E-state index contributed by atoms with van der Waals surface area (Å²) in [5.74, 6) is -0.163. The molecule has 0 aliphatic heterocycles. The number of nitrogens with one attached hydrogen (secondary N) is 1. The maximum absolute atomic E-state index is 14.2. The second-order valence-electron chi connectivity index (χ2n) is 4.74. The first-order chi connectivity index (χ1) is 9.97. The second-order valence-corrected chi connectivity index (χ2v) is 5.59. The maximum Gasteiger partial charge on any atom is 0.133 e. The molecule has 0 bridgehead atoms. The van der Waals surface area contributed by atoms with E-state index in [2.05, 4.69) is 21.2 Å². The van der Waals surface area contributed by atoms with Crippen LogP contribution >= 0.6 is 15.9 Å². The summed E-state index contributed by atoms with van der Waals surface area (Å²) in [4.78, 5) is 0. The molecule has 0 saturated heterocycles. The Morgan fingerprint density at radius 2 is 1.86 bits per heavy atom. The summed E-state index contributed by atoms with van der Waals surface area (Å²) in [6.07, 6.45) is 0. The summed E-state index contributed by atoms with van der Waals surface area (Å²) in [7, 11) is 3.28. The summed E-state index contributed by atoms with van der Waals surface area (Å²) in [5.41, 5.74) is 1.38. The molecule has 21 heavy (non-hydrogen) atoms. The standard InChI is InChI=1S/C16H16BrF2NO/c1-9-6-14(19)11(8-13(9)18)16(20-2)10-4-5-15(21-3)12(17)7-10/h4-8,16,20H,1-3H3. The van der Waals surface area contributed by atoms with Crippen LogP contribution in [0.4, 0.5) is 8.78 Å². The monoisotopic (exact) mass is 355 g/mol. The molecule has 2 rings (SSSR count). The van der Waals surface area contributed by atoms with Gasteiger partial charge in [-0.25, -0.2) is 8.78 Å². The van der Waals surface area contributed by atoms with Crippen LogP contribution in [0.1, 0.15) is 22.7 Å². The molecular formula is C16H16BrF2NO. The van der Waals surface area contributed by atoms with Crippen molar-refractivity contribution in [3.05, 3.63) is 63.1 Å². The quantitative estimate of drug-likeness (QED) is 0.879. The van der Waals surface area contributed by atoms with Gasteiger partial charge in [0.1, 0.15) is 17.4 Å². The minimum absolute atomic E-state index is 0.276. The Morgan fingerprint density at radius 3 is 2.43 bits per heavy atom. The van der Waals surface area contributed by atoms with E-state index in [1.807, 2.05) is 12.1 Å². The van der Waals surface area contributed by atoms with E-state index >= 15 is 0 Å². The highest BCUT2D eigenvalue weighted by Crippen LogP contribution is 2.32. The van der Waals surface area contributed by atoms with Gasteiger partial charge >= 0.3 is 0 Å². The van der Waals surface area contributed by atoms with Crippen LogP contribution in [0.3, 0.4) is 0 Å². The molecule has 1 N–H and O–H groups in total. The number of aryl methyl sites for hydroxylation is 1. The molecule has 0 aliphatic rings. The van der Waals surface area contributed by atoms with Crippen LogP contribution in [0.15, 0.2) is 34.8 Å². The fraction of sp³-hybridized carbons (Fsp3) is 0.250. The van der Waals surface area contributed by atoms with E-state index in [1.54, 1.807) is 27.1 Å². The molecule has 1 atom stereocenters. The summed E-state index contributed by atoms with van der Waals surface area (Å²) < 4.78 is 33.8. The summed E-state index contributed by atoms with van der Waals surface area (Å²) in [6.45, 7) is 1.54. The first kappa shape index (κ1) is 15.9. The first-order valence-electron chi connectivity index (χ1n) is 6.44. The van der Waals surface area contributed by atoms with Gasteiger partial charge in [-0.15, -0.1) is 0 Å². The van der Waals surface area contributed by atoms with Crippen molar-refractivity contribution < 1.29 is 13.5 Å². The minimum atomic E-state index is -0.442. The van der Waals surface area contributed by atoms with Crippen LogP contribution in [0.5, 0.6) is 5.75 Å². The fourth-order valence-electron chi connectivity index (χ4n) is 2.25. The van der Waals surface area contributed by atoms with Crippen molar-refractivity contribution in [2.24, 2.45) is 0 Å². The Balaban J connectivity index is 2.49. The van der Waals surface area contributed by atoms with E-state index < -0.39 is 17.7 Å². The van der Waals surface area contributed by atoms with Gasteiger partial charge in [0.25, 0.3) is 0 Å². The maximum atomic E-state index is 14.2. The van der Waals surface area contributed by atoms with E-state index in [-0.39, 0.29) is 5.56 Å². The average Bonchev–Trinajstić information content (AvgIpc) is 2.45. The molecular weight excluding hydrogens is 340 g/mol. The van der Waals surface area contributed by atoms with Gasteiger partial charge in [0.15, 0.2) is 0 Å². The fourth-order valence-corrected chi connectivity index (χ4v) is 2.81. The molecule has 0 spiro atoms. The van der Waals surface area contributed by atoms with E-state index in [4.69, 9.17) is 4.74 Å². The van der Waals surface area contributed by atoms with Crippen molar-refractivity contribution in [2.75, 3.05) is 14.2 Å². The number of hydrogen-bond donors (Lipinski definition) is 1. The van der Waals surface area contributed by atoms with Crippen LogP contribution in [0, 0.1) is 18.6 Å². The van der Waals surface area contributed by atoms with Crippen molar-refractivity contribution in [3.63, 3.8) is 0 Å². The lowest BCUT2D eigenvalue weighted by atomic mass is 9.97. The highest BCUT2D eigenvalue weighted by Gasteiger charge is 2.19. The van der Waals surface area contributed by atoms with Gasteiger partial charge in [0, 0.05) is 5.56 Å². The van der Waals surface area contributed by atoms with E-state index in [9.17, 15) is 8.78 Å². The van der Waals surface area contributed by atoms with E-state index in [0.717, 1.165) is 10.0 Å². The molecule has 0 radical (unpaired) electrons. The third-order valence-corrected chi connectivity index (χ3v) is 4.01. The number of rotatable bonds is 4. The van der Waals surface area contributed by atoms with E-state index in [0.29, 0.717) is 11.3 Å². The molecule has 0 heterocycles. The Labute approximate surface area is 131 Å². The Hall–Kier alpha value is -1.46. The first-order valence-corrected chi connectivity index (χ1v) is 7.23. The topological polar surface area (TPSA) is 21.3 Å². The van der Waals surface area contributed by atoms with Gasteiger partial charge in [0.05, 0.1) is 17.6 Å². The Morgan fingerprint density at radius 1 is 1.14 bits per heavy atom. The number of ether oxygens (including phenoxy) is 1. The van der Waals surface area contributed by atoms with E-state index in [1.165, 1.54) is 12.1 Å². The van der Waals surface area contributed by atoms with Crippen LogP contribution in [-0.4, -0.2) is 14.2 Å². The number of hydrogen-bond acceptors (Lipinski definition) is 2. The average molecular weight is 356 g/mol. The van der Waals surface area contributed by atoms with Crippen LogP contribution in [0.25, 0.3) is 0 Å². The zero-order chi connectivity index (χ0) is 15.6. The number of halogens is 3. The molecule has 112 valence electrons. The number of methoxy groups -OCH3 is 1. The van der Waals surface area contributed by atoms with Gasteiger partial charge < -0.3 is 10.1 Å². The minimum Gasteiger partial charge on any atom is -0.496 e. The highest BCUT2D eigenvalue weighted by molar-refractivity contribution is 9.10. The summed E-state index contributed by atoms with van der Waals surface area (Å²) in [5, 5.41) is 3.02. The molecule has 0 saturated carbocycles. The van der Waals surface area contributed by atoms with Crippen molar-refractivity contribution >= 4 is 15.9 Å². The van der Waals surface area contributed by atoms with Crippen molar-refractivity contribution in [2.45, 2.75) is 13.0 Å². The lowest BCUT2D eigenvalue weighted by Gasteiger charge is -2.19. The predicted molar refractivity (Wildman–Crippen MR) is 82.7 cm³/mol. The van der Waals surface area contributed by atoms with Gasteiger partial charge in [0.2, 0.25) is 0 Å². The molecule has 0 aromatic heterocycles. The van der Waals surface area contributed by atoms with Crippen LogP contribution in [-0.2, 0) is 0 Å².